The van der Waals surface area contributed by atoms with E-state index < -0.39 is 0 Å². The van der Waals surface area contributed by atoms with E-state index in [9.17, 15) is 4.91 Å². The number of ether oxygens (including phenoxy) is 1. The van der Waals surface area contributed by atoms with Crippen LogP contribution in [0.25, 0.3) is 0 Å². The van der Waals surface area contributed by atoms with Gasteiger partial charge in [-0.15, -0.1) is 0 Å². The minimum absolute atomic E-state index is 0.277. The number of rotatable bonds is 2. The summed E-state index contributed by atoms with van der Waals surface area (Å²) < 4.78 is 4.91. The van der Waals surface area contributed by atoms with Crippen LogP contribution in [-0.4, -0.2) is 12.0 Å². The van der Waals surface area contributed by atoms with Crippen molar-refractivity contribution in [1.29, 1.82) is 0 Å². The molecule has 0 fully saturated rings. The van der Waals surface area contributed by atoms with E-state index in [4.69, 9.17) is 10.6 Å². The van der Waals surface area contributed by atoms with E-state index >= 15 is 0 Å². The molecule has 0 aliphatic heterocycles. The summed E-state index contributed by atoms with van der Waals surface area (Å²) in [4.78, 5) is 11.1. The number of nitrogens with zero attached hydrogens (tertiary/aromatic N) is 1. The lowest BCUT2D eigenvalue weighted by molar-refractivity contribution is -0.475. The largest absolute Gasteiger partial charge is 0.490 e. The number of hydrogen-bond acceptors (Lipinski definition) is 2. The summed E-state index contributed by atoms with van der Waals surface area (Å²) in [6, 6.07) is 6.10. The van der Waals surface area contributed by atoms with Crippen molar-refractivity contribution in [3.05, 3.63) is 28.7 Å². The first-order chi connectivity index (χ1) is 5.65. The normalized spacial score (nSPS) is 9.50. The Morgan fingerprint density at radius 2 is 2.33 bits per heavy atom. The standard InChI is InChI=1S/C8H10N2O2/c1-6-3-4-8(12-2)7(5-6)10(9)11/h4-5H,1-2H3,(H2,9,11)/q+1. The Morgan fingerprint density at radius 3 is 2.83 bits per heavy atom. The van der Waals surface area contributed by atoms with Gasteiger partial charge in [0.15, 0.2) is 10.6 Å². The van der Waals surface area contributed by atoms with E-state index in [1.807, 2.05) is 6.92 Å². The van der Waals surface area contributed by atoms with Gasteiger partial charge in [0.05, 0.1) is 12.0 Å². The zero-order chi connectivity index (χ0) is 9.14. The Morgan fingerprint density at radius 1 is 1.67 bits per heavy atom. The van der Waals surface area contributed by atoms with Gasteiger partial charge >= 0.3 is 5.69 Å². The van der Waals surface area contributed by atoms with Gasteiger partial charge in [-0.05, 0) is 24.6 Å². The summed E-state index contributed by atoms with van der Waals surface area (Å²) in [7, 11) is 1.48. The molecule has 12 heavy (non-hydrogen) atoms. The molecule has 0 aliphatic carbocycles. The summed E-state index contributed by atoms with van der Waals surface area (Å²) in [5, 5.41) is 0. The molecule has 0 aliphatic rings. The molecule has 1 radical (unpaired) electrons. The lowest BCUT2D eigenvalue weighted by atomic mass is 10.2. The van der Waals surface area contributed by atoms with Gasteiger partial charge in [-0.3, -0.25) is 0 Å². The van der Waals surface area contributed by atoms with Crippen molar-refractivity contribution in [2.45, 2.75) is 6.92 Å². The van der Waals surface area contributed by atoms with Crippen LogP contribution < -0.4 is 10.6 Å². The third kappa shape index (κ3) is 1.53. The second kappa shape index (κ2) is 3.21. The second-order valence-electron chi connectivity index (χ2n) is 2.40. The topological polar surface area (TPSA) is 55.3 Å². The third-order valence-electron chi connectivity index (χ3n) is 1.49. The van der Waals surface area contributed by atoms with Crippen LogP contribution in [0.4, 0.5) is 5.69 Å². The Kier molecular flexibility index (Phi) is 2.28. The van der Waals surface area contributed by atoms with Crippen LogP contribution in [0.3, 0.4) is 0 Å². The van der Waals surface area contributed by atoms with Gasteiger partial charge in [0.2, 0.25) is 0 Å². The van der Waals surface area contributed by atoms with Gasteiger partial charge in [-0.2, -0.15) is 5.84 Å². The van der Waals surface area contributed by atoms with E-state index in [0.29, 0.717) is 11.4 Å². The van der Waals surface area contributed by atoms with Crippen molar-refractivity contribution >= 4 is 5.69 Å². The molecule has 1 aromatic carbocycles. The van der Waals surface area contributed by atoms with Crippen molar-refractivity contribution in [2.75, 3.05) is 7.11 Å². The predicted molar refractivity (Wildman–Crippen MR) is 44.0 cm³/mol. The van der Waals surface area contributed by atoms with Crippen LogP contribution in [-0.2, 0) is 0 Å². The van der Waals surface area contributed by atoms with Crippen LogP contribution >= 0.6 is 0 Å². The van der Waals surface area contributed by atoms with Crippen molar-refractivity contribution in [1.82, 2.24) is 0 Å². The first kappa shape index (κ1) is 8.52. The van der Waals surface area contributed by atoms with Crippen LogP contribution in [0.5, 0.6) is 5.75 Å². The van der Waals surface area contributed by atoms with E-state index in [2.05, 4.69) is 6.07 Å². The molecular weight excluding hydrogens is 156 g/mol. The van der Waals surface area contributed by atoms with Gasteiger partial charge < -0.3 is 4.74 Å². The number of methoxy groups -OCH3 is 1. The minimum Gasteiger partial charge on any atom is -0.490 e. The lowest BCUT2D eigenvalue weighted by Gasteiger charge is -1.98. The Labute approximate surface area is 70.5 Å². The average molecular weight is 166 g/mol. The molecule has 1 rings (SSSR count). The quantitative estimate of drug-likeness (QED) is 0.406. The van der Waals surface area contributed by atoms with Crippen LogP contribution in [0.15, 0.2) is 12.1 Å². The molecule has 4 heteroatoms. The monoisotopic (exact) mass is 166 g/mol. The maximum atomic E-state index is 10.8. The van der Waals surface area contributed by atoms with Gasteiger partial charge in [-0.1, -0.05) is 0 Å². The molecular formula is C8H10N2O2+. The molecule has 0 amide bonds. The third-order valence-corrected chi connectivity index (χ3v) is 1.49. The molecule has 0 heterocycles. The van der Waals surface area contributed by atoms with Crippen molar-refractivity contribution in [3.63, 3.8) is 0 Å². The minimum atomic E-state index is 0.277. The number of aryl methyl sites for hydroxylation is 1. The number of nitrogens with two attached hydrogens (primary N) is 1. The fraction of sp³-hybridized carbons (Fsp3) is 0.250. The zero-order valence-electron chi connectivity index (χ0n) is 7.00. The maximum Gasteiger partial charge on any atom is 0.333 e. The molecule has 4 nitrogen and oxygen atoms in total. The van der Waals surface area contributed by atoms with E-state index in [-0.39, 0.29) is 4.87 Å². The Balaban J connectivity index is 3.21. The van der Waals surface area contributed by atoms with Gasteiger partial charge in [0, 0.05) is 6.07 Å². The molecule has 0 saturated carbocycles. The molecule has 0 saturated heterocycles. The molecule has 63 valence electrons. The summed E-state index contributed by atoms with van der Waals surface area (Å²) in [6.45, 7) is 1.83. The van der Waals surface area contributed by atoms with Crippen LogP contribution in [0.2, 0.25) is 0 Å². The SMILES string of the molecule is COc1c[c]c(C)cc1[N+](N)=O. The summed E-state index contributed by atoms with van der Waals surface area (Å²) in [6.07, 6.45) is 0. The summed E-state index contributed by atoms with van der Waals surface area (Å²) >= 11 is 0. The highest BCUT2D eigenvalue weighted by atomic mass is 16.5. The van der Waals surface area contributed by atoms with Gasteiger partial charge in [-0.25, -0.2) is 0 Å². The van der Waals surface area contributed by atoms with E-state index in [1.54, 1.807) is 12.1 Å². The Hall–Kier alpha value is -1.58. The second-order valence-corrected chi connectivity index (χ2v) is 2.40. The number of benzene rings is 1. The fourth-order valence-corrected chi connectivity index (χ4v) is 0.907. The first-order valence-electron chi connectivity index (χ1n) is 3.43. The summed E-state index contributed by atoms with van der Waals surface area (Å²) in [5.74, 6) is 5.47. The van der Waals surface area contributed by atoms with E-state index in [1.165, 1.54) is 7.11 Å². The molecule has 0 spiro atoms. The van der Waals surface area contributed by atoms with Crippen LogP contribution in [0.1, 0.15) is 5.56 Å². The zero-order valence-corrected chi connectivity index (χ0v) is 7.00. The van der Waals surface area contributed by atoms with E-state index in [0.717, 1.165) is 5.56 Å². The maximum absolute atomic E-state index is 10.8. The van der Waals surface area contributed by atoms with Gasteiger partial charge in [0.25, 0.3) is 0 Å². The van der Waals surface area contributed by atoms with Crippen molar-refractivity contribution in [2.24, 2.45) is 5.84 Å². The van der Waals surface area contributed by atoms with Gasteiger partial charge in [0.1, 0.15) is 0 Å². The molecule has 1 aromatic rings. The predicted octanol–water partition coefficient (Wildman–Crippen LogP) is 1.09. The average Bonchev–Trinajstić information content (AvgIpc) is 2.04. The highest BCUT2D eigenvalue weighted by Crippen LogP contribution is 2.25. The number of hydrogen-bond donors (Lipinski definition) is 1. The molecule has 0 aromatic heterocycles. The van der Waals surface area contributed by atoms with Crippen molar-refractivity contribution in [3.8, 4) is 5.75 Å². The van der Waals surface area contributed by atoms with Crippen molar-refractivity contribution < 1.29 is 9.61 Å². The molecule has 0 bridgehead atoms. The smallest absolute Gasteiger partial charge is 0.333 e. The molecule has 0 unspecified atom stereocenters. The molecule has 2 N–H and O–H groups in total. The molecule has 0 atom stereocenters. The summed E-state index contributed by atoms with van der Waals surface area (Å²) in [5.41, 5.74) is 1.16. The van der Waals surface area contributed by atoms with Crippen LogP contribution in [0, 0.1) is 17.9 Å². The highest BCUT2D eigenvalue weighted by Gasteiger charge is 2.16. The fourth-order valence-electron chi connectivity index (χ4n) is 0.907. The Bertz CT molecular complexity index is 310. The number of hydrazine groups is 1. The lowest BCUT2D eigenvalue weighted by Crippen LogP contribution is -2.10. The highest BCUT2D eigenvalue weighted by molar-refractivity contribution is 5.47. The number of nitroso groups, excluding NO2 is 1. The first-order valence-corrected chi connectivity index (χ1v) is 3.43.